The van der Waals surface area contributed by atoms with E-state index in [9.17, 15) is 0 Å². The number of pyridine rings is 1. The first kappa shape index (κ1) is 8.04. The number of hydrogen-bond donors (Lipinski definition) is 2. The molecule has 0 atom stereocenters. The van der Waals surface area contributed by atoms with Gasteiger partial charge in [0, 0.05) is 11.4 Å². The number of rotatable bonds is 2. The maximum Gasteiger partial charge on any atom is 0.155 e. The molecule has 2 aromatic heterocycles. The lowest BCUT2D eigenvalue weighted by atomic mass is 10.3. The Bertz CT molecular complexity index is 405. The van der Waals surface area contributed by atoms with Crippen molar-refractivity contribution in [3.8, 4) is 0 Å². The van der Waals surface area contributed by atoms with Gasteiger partial charge in [0.15, 0.2) is 5.65 Å². The molecule has 4 heteroatoms. The fourth-order valence-electron chi connectivity index (χ4n) is 1.25. The van der Waals surface area contributed by atoms with E-state index in [1.807, 2.05) is 6.07 Å². The minimum absolute atomic E-state index is 0.422. The van der Waals surface area contributed by atoms with E-state index in [4.69, 9.17) is 0 Å². The Balaban J connectivity index is 2.37. The molecule has 0 fully saturated rings. The van der Waals surface area contributed by atoms with Crippen LogP contribution in [0.4, 0.5) is 5.69 Å². The number of aromatic nitrogens is 3. The molecule has 2 heterocycles. The van der Waals surface area contributed by atoms with Gasteiger partial charge in [0.05, 0.1) is 18.1 Å². The number of aromatic amines is 1. The van der Waals surface area contributed by atoms with E-state index in [2.05, 4.69) is 34.3 Å². The molecule has 0 aliphatic rings. The Labute approximate surface area is 76.4 Å². The summed E-state index contributed by atoms with van der Waals surface area (Å²) in [5.41, 5.74) is 1.86. The topological polar surface area (TPSA) is 53.6 Å². The Morgan fingerprint density at radius 1 is 1.38 bits per heavy atom. The summed E-state index contributed by atoms with van der Waals surface area (Å²) < 4.78 is 0. The zero-order chi connectivity index (χ0) is 9.26. The second-order valence-electron chi connectivity index (χ2n) is 3.33. The predicted octanol–water partition coefficient (Wildman–Crippen LogP) is 1.78. The molecule has 0 radical (unpaired) electrons. The summed E-state index contributed by atoms with van der Waals surface area (Å²) in [4.78, 5) is 4.21. The van der Waals surface area contributed by atoms with Crippen molar-refractivity contribution >= 4 is 16.7 Å². The lowest BCUT2D eigenvalue weighted by molar-refractivity contribution is 0.898. The first-order chi connectivity index (χ1) is 6.25. The van der Waals surface area contributed by atoms with Gasteiger partial charge in [0.25, 0.3) is 0 Å². The SMILES string of the molecule is CC(C)Nc1cnc2[nH]ncc2c1. The monoisotopic (exact) mass is 176 g/mol. The Morgan fingerprint density at radius 2 is 2.23 bits per heavy atom. The number of nitrogens with zero attached hydrogens (tertiary/aromatic N) is 2. The fraction of sp³-hybridized carbons (Fsp3) is 0.333. The molecule has 0 aromatic carbocycles. The van der Waals surface area contributed by atoms with Crippen LogP contribution in [0.15, 0.2) is 18.5 Å². The van der Waals surface area contributed by atoms with E-state index in [-0.39, 0.29) is 0 Å². The summed E-state index contributed by atoms with van der Waals surface area (Å²) in [6.45, 7) is 4.19. The fourth-order valence-corrected chi connectivity index (χ4v) is 1.25. The second-order valence-corrected chi connectivity index (χ2v) is 3.33. The number of nitrogens with one attached hydrogen (secondary N) is 2. The minimum atomic E-state index is 0.422. The number of H-pyrrole nitrogens is 1. The van der Waals surface area contributed by atoms with E-state index in [1.54, 1.807) is 12.4 Å². The molecule has 68 valence electrons. The maximum atomic E-state index is 4.21. The van der Waals surface area contributed by atoms with Crippen molar-refractivity contribution in [2.45, 2.75) is 19.9 Å². The number of hydrogen-bond acceptors (Lipinski definition) is 3. The molecule has 2 N–H and O–H groups in total. The Morgan fingerprint density at radius 3 is 3.00 bits per heavy atom. The van der Waals surface area contributed by atoms with E-state index in [0.717, 1.165) is 16.7 Å². The van der Waals surface area contributed by atoms with Gasteiger partial charge in [-0.2, -0.15) is 5.10 Å². The van der Waals surface area contributed by atoms with Gasteiger partial charge in [-0.1, -0.05) is 0 Å². The highest BCUT2D eigenvalue weighted by Gasteiger charge is 1.99. The predicted molar refractivity (Wildman–Crippen MR) is 52.6 cm³/mol. The van der Waals surface area contributed by atoms with Crippen molar-refractivity contribution in [1.29, 1.82) is 0 Å². The van der Waals surface area contributed by atoms with Crippen LogP contribution in [0.25, 0.3) is 11.0 Å². The highest BCUT2D eigenvalue weighted by Crippen LogP contribution is 2.14. The molecule has 2 aromatic rings. The molecule has 0 spiro atoms. The summed E-state index contributed by atoms with van der Waals surface area (Å²) in [7, 11) is 0. The third-order valence-electron chi connectivity index (χ3n) is 1.75. The van der Waals surface area contributed by atoms with Crippen LogP contribution in [0.1, 0.15) is 13.8 Å². The summed E-state index contributed by atoms with van der Waals surface area (Å²) in [6.07, 6.45) is 3.58. The summed E-state index contributed by atoms with van der Waals surface area (Å²) in [5.74, 6) is 0. The average Bonchev–Trinajstić information content (AvgIpc) is 2.49. The van der Waals surface area contributed by atoms with Crippen molar-refractivity contribution in [2.24, 2.45) is 0 Å². The normalized spacial score (nSPS) is 11.0. The van der Waals surface area contributed by atoms with Gasteiger partial charge in [0.1, 0.15) is 0 Å². The third-order valence-corrected chi connectivity index (χ3v) is 1.75. The molecule has 2 rings (SSSR count). The van der Waals surface area contributed by atoms with Crippen LogP contribution >= 0.6 is 0 Å². The van der Waals surface area contributed by atoms with Crippen LogP contribution in [0.3, 0.4) is 0 Å². The third kappa shape index (κ3) is 1.61. The van der Waals surface area contributed by atoms with Gasteiger partial charge in [-0.3, -0.25) is 5.10 Å². The highest BCUT2D eigenvalue weighted by atomic mass is 15.1. The highest BCUT2D eigenvalue weighted by molar-refractivity contribution is 5.77. The van der Waals surface area contributed by atoms with Gasteiger partial charge in [-0.25, -0.2) is 4.98 Å². The van der Waals surface area contributed by atoms with Crippen molar-refractivity contribution in [3.63, 3.8) is 0 Å². The molecule has 0 saturated carbocycles. The average molecular weight is 176 g/mol. The quantitative estimate of drug-likeness (QED) is 0.733. The lowest BCUT2D eigenvalue weighted by Gasteiger charge is -2.08. The first-order valence-electron chi connectivity index (χ1n) is 4.31. The van der Waals surface area contributed by atoms with Crippen LogP contribution in [0, 0.1) is 0 Å². The van der Waals surface area contributed by atoms with Crippen LogP contribution in [-0.2, 0) is 0 Å². The number of fused-ring (bicyclic) bond motifs is 1. The van der Waals surface area contributed by atoms with E-state index >= 15 is 0 Å². The minimum Gasteiger partial charge on any atom is -0.382 e. The standard InChI is InChI=1S/C9H12N4/c1-6(2)12-8-3-7-4-11-13-9(7)10-5-8/h3-6,12H,1-2H3,(H,10,11,13). The van der Waals surface area contributed by atoms with Crippen LogP contribution in [-0.4, -0.2) is 21.2 Å². The molecule has 13 heavy (non-hydrogen) atoms. The van der Waals surface area contributed by atoms with E-state index in [1.165, 1.54) is 0 Å². The van der Waals surface area contributed by atoms with Crippen LogP contribution in [0.5, 0.6) is 0 Å². The summed E-state index contributed by atoms with van der Waals surface area (Å²) >= 11 is 0. The van der Waals surface area contributed by atoms with E-state index < -0.39 is 0 Å². The zero-order valence-electron chi connectivity index (χ0n) is 7.70. The Hall–Kier alpha value is -1.58. The van der Waals surface area contributed by atoms with Crippen molar-refractivity contribution in [2.75, 3.05) is 5.32 Å². The van der Waals surface area contributed by atoms with Gasteiger partial charge in [-0.15, -0.1) is 0 Å². The largest absolute Gasteiger partial charge is 0.382 e. The molecule has 0 aliphatic heterocycles. The molecular weight excluding hydrogens is 164 g/mol. The van der Waals surface area contributed by atoms with E-state index in [0.29, 0.717) is 6.04 Å². The van der Waals surface area contributed by atoms with Gasteiger partial charge < -0.3 is 5.32 Å². The molecular formula is C9H12N4. The summed E-state index contributed by atoms with van der Waals surface area (Å²) in [5, 5.41) is 11.0. The van der Waals surface area contributed by atoms with Crippen molar-refractivity contribution < 1.29 is 0 Å². The molecule has 0 unspecified atom stereocenters. The smallest absolute Gasteiger partial charge is 0.155 e. The molecule has 0 amide bonds. The van der Waals surface area contributed by atoms with Gasteiger partial charge >= 0.3 is 0 Å². The number of anilines is 1. The zero-order valence-corrected chi connectivity index (χ0v) is 7.70. The van der Waals surface area contributed by atoms with Crippen LogP contribution < -0.4 is 5.32 Å². The Kier molecular flexibility index (Phi) is 1.88. The lowest BCUT2D eigenvalue weighted by Crippen LogP contribution is -2.09. The van der Waals surface area contributed by atoms with Crippen LogP contribution in [0.2, 0.25) is 0 Å². The second kappa shape index (κ2) is 3.05. The molecule has 0 saturated heterocycles. The molecule has 0 aliphatic carbocycles. The molecule has 0 bridgehead atoms. The van der Waals surface area contributed by atoms with Crippen molar-refractivity contribution in [1.82, 2.24) is 15.2 Å². The van der Waals surface area contributed by atoms with Gasteiger partial charge in [0.2, 0.25) is 0 Å². The maximum absolute atomic E-state index is 4.21. The molecule has 4 nitrogen and oxygen atoms in total. The first-order valence-corrected chi connectivity index (χ1v) is 4.31. The summed E-state index contributed by atoms with van der Waals surface area (Å²) in [6, 6.07) is 2.46. The van der Waals surface area contributed by atoms with Crippen molar-refractivity contribution in [3.05, 3.63) is 18.5 Å². The van der Waals surface area contributed by atoms with Gasteiger partial charge in [-0.05, 0) is 19.9 Å².